The first-order valence-electron chi connectivity index (χ1n) is 19.0. The number of nitrogens with zero attached hydrogens (tertiary/aromatic N) is 4. The van der Waals surface area contributed by atoms with Crippen LogP contribution in [-0.2, 0) is 38.6 Å². The second-order valence-electron chi connectivity index (χ2n) is 16.0. The third-order valence-corrected chi connectivity index (χ3v) is 14.4. The van der Waals surface area contributed by atoms with Crippen molar-refractivity contribution in [2.45, 2.75) is 45.0 Å². The lowest BCUT2D eigenvalue weighted by Crippen LogP contribution is -2.49. The summed E-state index contributed by atoms with van der Waals surface area (Å²) < 4.78 is 91.7. The topological polar surface area (TPSA) is 122 Å². The van der Waals surface area contributed by atoms with E-state index in [2.05, 4.69) is 0 Å². The summed E-state index contributed by atoms with van der Waals surface area (Å²) in [4.78, 5) is 60.9. The molecule has 10 nitrogen and oxygen atoms in total. The first-order valence-corrected chi connectivity index (χ1v) is 20.2. The van der Waals surface area contributed by atoms with Crippen LogP contribution in [0.4, 0.5) is 37.8 Å². The number of phenolic OH excluding ortho intramolecular Hbond substituents is 1. The highest BCUT2D eigenvalue weighted by Crippen LogP contribution is 2.65. The number of aromatic hydroxyl groups is 1. The Morgan fingerprint density at radius 2 is 1.59 bits per heavy atom. The smallest absolute Gasteiger partial charge is 0.416 e. The van der Waals surface area contributed by atoms with E-state index in [1.54, 1.807) is 38.2 Å². The molecule has 4 heterocycles. The van der Waals surface area contributed by atoms with E-state index in [4.69, 9.17) is 21.4 Å². The Kier molecular flexibility index (Phi) is 9.12. The van der Waals surface area contributed by atoms with Crippen molar-refractivity contribution in [3.63, 3.8) is 0 Å². The standard InChI is InChI=1S/C43H33ClF6N4O6S/c1-18-25-15-21(44)8-11-31(25)61-36(18)28-17-32(52(3)51-28)54-38(57)27-16-26-23(35(41(27,2)40(54)59)34-29(55)6-5-7-30(34)60-4)9-10-24-33(26)39(58)53(37(24)56)22-13-19(42(45,46)47)12-20(14-22)43(48,49)50/h5-9,11-15,17,24,26-27,33,35,55H,10,16H2,1-4H3. The number of halogens is 7. The molecule has 61 heavy (non-hydrogen) atoms. The van der Waals surface area contributed by atoms with Gasteiger partial charge in [0, 0.05) is 34.3 Å². The van der Waals surface area contributed by atoms with Crippen molar-refractivity contribution in [1.29, 1.82) is 0 Å². The number of aryl methyl sites for hydroxylation is 2. The van der Waals surface area contributed by atoms with Crippen LogP contribution >= 0.6 is 22.9 Å². The normalized spacial score (nSPS) is 25.3. The number of thiophene rings is 1. The van der Waals surface area contributed by atoms with Gasteiger partial charge in [0.15, 0.2) is 0 Å². The van der Waals surface area contributed by atoms with Gasteiger partial charge in [-0.3, -0.25) is 23.9 Å². The second-order valence-corrected chi connectivity index (χ2v) is 17.5. The minimum absolute atomic E-state index is 0.0904. The predicted octanol–water partition coefficient (Wildman–Crippen LogP) is 9.45. The molecule has 3 aromatic carbocycles. The molecule has 6 atom stereocenters. The Balaban J connectivity index is 1.16. The zero-order chi connectivity index (χ0) is 43.8. The highest BCUT2D eigenvalue weighted by atomic mass is 35.5. The van der Waals surface area contributed by atoms with Gasteiger partial charge in [0.2, 0.25) is 23.6 Å². The van der Waals surface area contributed by atoms with E-state index in [9.17, 15) is 45.8 Å². The average Bonchev–Trinajstić information content (AvgIpc) is 3.87. The fourth-order valence-corrected chi connectivity index (χ4v) is 11.4. The van der Waals surface area contributed by atoms with Gasteiger partial charge in [-0.2, -0.15) is 31.4 Å². The van der Waals surface area contributed by atoms with Gasteiger partial charge in [-0.25, -0.2) is 9.80 Å². The lowest BCUT2D eigenvalue weighted by molar-refractivity contribution is -0.143. The van der Waals surface area contributed by atoms with Gasteiger partial charge in [-0.1, -0.05) is 29.3 Å². The van der Waals surface area contributed by atoms with Crippen LogP contribution in [0.2, 0.25) is 5.02 Å². The number of rotatable bonds is 5. The molecular formula is C43H33ClF6N4O6S. The zero-order valence-electron chi connectivity index (χ0n) is 32.5. The summed E-state index contributed by atoms with van der Waals surface area (Å²) in [6.45, 7) is 3.50. The molecule has 2 aliphatic carbocycles. The molecule has 1 saturated carbocycles. The first kappa shape index (κ1) is 40.7. The summed E-state index contributed by atoms with van der Waals surface area (Å²) in [5.74, 6) is -9.31. The number of anilines is 2. The number of imide groups is 2. The fourth-order valence-electron chi connectivity index (χ4n) is 10.1. The van der Waals surface area contributed by atoms with Gasteiger partial charge in [-0.05, 0) is 92.1 Å². The largest absolute Gasteiger partial charge is 0.508 e. The number of amides is 4. The van der Waals surface area contributed by atoms with Crippen LogP contribution in [-0.4, -0.2) is 45.6 Å². The van der Waals surface area contributed by atoms with Crippen LogP contribution in [0.3, 0.4) is 0 Å². The van der Waals surface area contributed by atoms with Crippen molar-refractivity contribution in [3.8, 4) is 22.1 Å². The number of benzene rings is 3. The maximum Gasteiger partial charge on any atom is 0.416 e. The average molecular weight is 883 g/mol. The van der Waals surface area contributed by atoms with Crippen LogP contribution in [0.1, 0.15) is 47.9 Å². The van der Waals surface area contributed by atoms with E-state index >= 15 is 4.79 Å². The van der Waals surface area contributed by atoms with E-state index in [-0.39, 0.29) is 41.8 Å². The molecular weight excluding hydrogens is 850 g/mol. The number of carbonyl (C=O) groups is 4. The van der Waals surface area contributed by atoms with Crippen molar-refractivity contribution in [1.82, 2.24) is 9.78 Å². The Morgan fingerprint density at radius 1 is 0.902 bits per heavy atom. The summed E-state index contributed by atoms with van der Waals surface area (Å²) in [5.41, 5.74) is -4.06. The van der Waals surface area contributed by atoms with Crippen molar-refractivity contribution < 1.29 is 55.4 Å². The highest BCUT2D eigenvalue weighted by Gasteiger charge is 2.68. The number of allylic oxidation sites excluding steroid dienone is 2. The highest BCUT2D eigenvalue weighted by molar-refractivity contribution is 7.22. The fraction of sp³-hybridized carbons (Fsp3) is 0.326. The summed E-state index contributed by atoms with van der Waals surface area (Å²) in [6, 6.07) is 12.1. The number of fused-ring (bicyclic) bond motifs is 5. The molecule has 5 aromatic rings. The molecule has 6 unspecified atom stereocenters. The third kappa shape index (κ3) is 5.93. The van der Waals surface area contributed by atoms with E-state index in [0.717, 1.165) is 25.4 Å². The molecule has 2 aromatic heterocycles. The molecule has 4 amide bonds. The van der Waals surface area contributed by atoms with Gasteiger partial charge in [-0.15, -0.1) is 11.3 Å². The molecule has 316 valence electrons. The monoisotopic (exact) mass is 882 g/mol. The molecule has 0 radical (unpaired) electrons. The maximum absolute atomic E-state index is 15.2. The SMILES string of the molecule is COc1cccc(O)c1C1C2=CCC3C(=O)N(c4cc(C(F)(F)F)cc(C(F)(F)F)c4)C(=O)C3C2CC2C(=O)N(c3cc(-c4sc5ccc(Cl)cc5c4C)nn3C)C(=O)C21C. The number of hydrogen-bond acceptors (Lipinski definition) is 8. The summed E-state index contributed by atoms with van der Waals surface area (Å²) in [6.07, 6.45) is -9.23. The lowest BCUT2D eigenvalue weighted by atomic mass is 9.51. The molecule has 2 aliphatic heterocycles. The summed E-state index contributed by atoms with van der Waals surface area (Å²) >= 11 is 7.73. The summed E-state index contributed by atoms with van der Waals surface area (Å²) in [7, 11) is 2.93. The van der Waals surface area contributed by atoms with E-state index in [1.807, 2.05) is 19.1 Å². The van der Waals surface area contributed by atoms with Crippen molar-refractivity contribution >= 4 is 68.2 Å². The Bertz CT molecular complexity index is 2760. The molecule has 0 bridgehead atoms. The van der Waals surface area contributed by atoms with Crippen LogP contribution < -0.4 is 14.5 Å². The molecule has 4 aliphatic rings. The van der Waals surface area contributed by atoms with Crippen molar-refractivity contribution in [3.05, 3.63) is 99.6 Å². The molecule has 1 N–H and O–H groups in total. The van der Waals surface area contributed by atoms with E-state index in [0.29, 0.717) is 33.3 Å². The third-order valence-electron chi connectivity index (χ3n) is 12.9. The number of ether oxygens (including phenoxy) is 1. The van der Waals surface area contributed by atoms with Gasteiger partial charge in [0.1, 0.15) is 23.0 Å². The van der Waals surface area contributed by atoms with Crippen molar-refractivity contribution in [2.24, 2.45) is 36.1 Å². The number of carbonyl (C=O) groups excluding carboxylic acids is 4. The van der Waals surface area contributed by atoms with E-state index in [1.165, 1.54) is 35.3 Å². The number of methoxy groups -OCH3 is 1. The molecule has 2 saturated heterocycles. The zero-order valence-corrected chi connectivity index (χ0v) is 34.1. The number of phenols is 1. The molecule has 0 spiro atoms. The maximum atomic E-state index is 15.2. The minimum Gasteiger partial charge on any atom is -0.508 e. The Morgan fingerprint density at radius 3 is 2.25 bits per heavy atom. The van der Waals surface area contributed by atoms with Crippen LogP contribution in [0.5, 0.6) is 11.5 Å². The van der Waals surface area contributed by atoms with Gasteiger partial charge in [0.25, 0.3) is 0 Å². The minimum atomic E-state index is -5.25. The lowest BCUT2D eigenvalue weighted by Gasteiger charge is -2.49. The van der Waals surface area contributed by atoms with Gasteiger partial charge < -0.3 is 9.84 Å². The number of alkyl halides is 6. The predicted molar refractivity (Wildman–Crippen MR) is 212 cm³/mol. The van der Waals surface area contributed by atoms with Crippen molar-refractivity contribution in [2.75, 3.05) is 16.9 Å². The Labute approximate surface area is 351 Å². The second kappa shape index (κ2) is 13.7. The van der Waals surface area contributed by atoms with E-state index < -0.39 is 87.8 Å². The van der Waals surface area contributed by atoms with Crippen LogP contribution in [0.15, 0.2) is 72.3 Å². The van der Waals surface area contributed by atoms with Crippen LogP contribution in [0.25, 0.3) is 20.7 Å². The van der Waals surface area contributed by atoms with Gasteiger partial charge >= 0.3 is 12.4 Å². The first-order chi connectivity index (χ1) is 28.7. The molecule has 9 rings (SSSR count). The molecule has 18 heteroatoms. The number of hydrogen-bond donors (Lipinski definition) is 1. The van der Waals surface area contributed by atoms with Crippen LogP contribution in [0, 0.1) is 36.0 Å². The Hall–Kier alpha value is -5.68. The summed E-state index contributed by atoms with van der Waals surface area (Å²) in [5, 5.41) is 17.7. The number of aromatic nitrogens is 2. The quantitative estimate of drug-likeness (QED) is 0.106. The molecule has 3 fully saturated rings. The van der Waals surface area contributed by atoms with Gasteiger partial charge in [0.05, 0.1) is 52.0 Å².